The number of aldehydes is 1. The van der Waals surface area contributed by atoms with Crippen LogP contribution in [0.4, 0.5) is 17.6 Å². The molecule has 2 N–H and O–H groups in total. The second-order valence-electron chi connectivity index (χ2n) is 12.7. The van der Waals surface area contributed by atoms with Crippen LogP contribution in [-0.2, 0) is 22.2 Å². The number of likely N-dealkylation sites (N-methyl/N-ethyl adjacent to an activating group) is 1. The molecular formula is C35H42ClF4N3O4. The van der Waals surface area contributed by atoms with Crippen molar-refractivity contribution in [3.05, 3.63) is 91.1 Å². The van der Waals surface area contributed by atoms with Gasteiger partial charge in [-0.3, -0.25) is 9.59 Å². The van der Waals surface area contributed by atoms with E-state index in [1.807, 2.05) is 13.8 Å². The summed E-state index contributed by atoms with van der Waals surface area (Å²) in [5.74, 6) is -3.00. The molecule has 1 heterocycles. The van der Waals surface area contributed by atoms with E-state index in [0.717, 1.165) is 27.5 Å². The molecule has 3 atom stereocenters. The van der Waals surface area contributed by atoms with Crippen LogP contribution in [0.25, 0.3) is 11.1 Å². The van der Waals surface area contributed by atoms with Crippen molar-refractivity contribution in [3.8, 4) is 11.1 Å². The SMILES string of the molecule is Cc1cc(-c2c(C)cc(Cl)cc2C)cc([C@@H](NC(=O)C(CC(C)C)n2cc(CCN(C)C)c(C(F)(F)F)cc2=O)C(C=O)CO)c1F. The zero-order chi connectivity index (χ0) is 35.4. The first kappa shape index (κ1) is 37.9. The van der Waals surface area contributed by atoms with Gasteiger partial charge < -0.3 is 24.7 Å². The number of rotatable bonds is 13. The molecule has 1 aromatic heterocycles. The summed E-state index contributed by atoms with van der Waals surface area (Å²) in [4.78, 5) is 41.2. The van der Waals surface area contributed by atoms with Crippen molar-refractivity contribution in [2.75, 3.05) is 27.2 Å². The predicted molar refractivity (Wildman–Crippen MR) is 175 cm³/mol. The van der Waals surface area contributed by atoms with Gasteiger partial charge in [0.15, 0.2) is 0 Å². The Hall–Kier alpha value is -3.54. The molecule has 0 bridgehead atoms. The van der Waals surface area contributed by atoms with E-state index in [-0.39, 0.29) is 42.0 Å². The smallest absolute Gasteiger partial charge is 0.396 e. The Labute approximate surface area is 277 Å². The largest absolute Gasteiger partial charge is 0.416 e. The van der Waals surface area contributed by atoms with Crippen LogP contribution in [0.15, 0.2) is 41.3 Å². The number of aliphatic hydroxyl groups excluding tert-OH is 1. The molecule has 0 aliphatic carbocycles. The maximum Gasteiger partial charge on any atom is 0.416 e. The molecule has 0 fully saturated rings. The number of alkyl halides is 3. The Balaban J connectivity index is 2.20. The molecule has 47 heavy (non-hydrogen) atoms. The Morgan fingerprint density at radius 3 is 2.19 bits per heavy atom. The fraction of sp³-hybridized carbons (Fsp3) is 0.457. The molecule has 0 saturated heterocycles. The molecular weight excluding hydrogens is 638 g/mol. The fourth-order valence-electron chi connectivity index (χ4n) is 5.86. The number of aromatic nitrogens is 1. The van der Waals surface area contributed by atoms with Crippen LogP contribution in [0, 0.1) is 38.4 Å². The maximum absolute atomic E-state index is 15.9. The fourth-order valence-corrected chi connectivity index (χ4v) is 6.19. The number of nitrogens with one attached hydrogen (secondary N) is 1. The summed E-state index contributed by atoms with van der Waals surface area (Å²) in [6, 6.07) is 4.48. The van der Waals surface area contributed by atoms with Crippen LogP contribution in [0.1, 0.15) is 65.7 Å². The maximum atomic E-state index is 15.9. The quantitative estimate of drug-likeness (QED) is 0.157. The third-order valence-corrected chi connectivity index (χ3v) is 8.36. The lowest BCUT2D eigenvalue weighted by molar-refractivity contribution is -0.138. The number of halogens is 5. The van der Waals surface area contributed by atoms with Crippen LogP contribution < -0.4 is 10.9 Å². The third-order valence-electron chi connectivity index (χ3n) is 8.15. The van der Waals surface area contributed by atoms with Crippen molar-refractivity contribution in [2.24, 2.45) is 11.8 Å². The van der Waals surface area contributed by atoms with Gasteiger partial charge in [-0.2, -0.15) is 13.2 Å². The molecule has 2 unspecified atom stereocenters. The number of benzene rings is 2. The molecule has 0 spiro atoms. The highest BCUT2D eigenvalue weighted by Gasteiger charge is 2.36. The molecule has 0 aliphatic heterocycles. The molecule has 0 saturated carbocycles. The van der Waals surface area contributed by atoms with Gasteiger partial charge in [-0.1, -0.05) is 25.4 Å². The van der Waals surface area contributed by atoms with Crippen molar-refractivity contribution in [1.29, 1.82) is 0 Å². The van der Waals surface area contributed by atoms with Gasteiger partial charge in [-0.25, -0.2) is 4.39 Å². The van der Waals surface area contributed by atoms with E-state index >= 15 is 4.39 Å². The first-order chi connectivity index (χ1) is 21.9. The van der Waals surface area contributed by atoms with Crippen LogP contribution in [0.5, 0.6) is 0 Å². The van der Waals surface area contributed by atoms with Gasteiger partial charge >= 0.3 is 6.18 Å². The van der Waals surface area contributed by atoms with Crippen LogP contribution >= 0.6 is 11.6 Å². The summed E-state index contributed by atoms with van der Waals surface area (Å²) in [7, 11) is 3.41. The van der Waals surface area contributed by atoms with E-state index in [1.54, 1.807) is 51.0 Å². The number of amides is 1. The minimum absolute atomic E-state index is 0.0424. The number of hydrogen-bond acceptors (Lipinski definition) is 5. The molecule has 0 radical (unpaired) electrons. The van der Waals surface area contributed by atoms with Gasteiger partial charge in [0, 0.05) is 29.4 Å². The van der Waals surface area contributed by atoms with Gasteiger partial charge in [0.2, 0.25) is 5.91 Å². The lowest BCUT2D eigenvalue weighted by Crippen LogP contribution is -2.43. The van der Waals surface area contributed by atoms with Crippen molar-refractivity contribution in [2.45, 2.75) is 65.7 Å². The number of nitrogens with zero attached hydrogens (tertiary/aromatic N) is 2. The van der Waals surface area contributed by atoms with Crippen molar-refractivity contribution in [3.63, 3.8) is 0 Å². The number of carbonyl (C=O) groups excluding carboxylic acids is 2. The van der Waals surface area contributed by atoms with E-state index in [1.165, 1.54) is 13.0 Å². The highest BCUT2D eigenvalue weighted by Crippen LogP contribution is 2.36. The summed E-state index contributed by atoms with van der Waals surface area (Å²) in [6.07, 6.45) is -3.31. The molecule has 0 aliphatic rings. The Kier molecular flexibility index (Phi) is 12.6. The van der Waals surface area contributed by atoms with Crippen LogP contribution in [-0.4, -0.2) is 54.0 Å². The Morgan fingerprint density at radius 1 is 1.06 bits per heavy atom. The van der Waals surface area contributed by atoms with Gasteiger partial charge in [0.1, 0.15) is 18.1 Å². The average Bonchev–Trinajstić information content (AvgIpc) is 2.95. The molecule has 1 amide bonds. The van der Waals surface area contributed by atoms with Gasteiger partial charge in [-0.15, -0.1) is 0 Å². The summed E-state index contributed by atoms with van der Waals surface area (Å²) < 4.78 is 58.7. The normalized spacial score (nSPS) is 13.9. The van der Waals surface area contributed by atoms with E-state index < -0.39 is 53.6 Å². The first-order valence-electron chi connectivity index (χ1n) is 15.3. The van der Waals surface area contributed by atoms with E-state index in [0.29, 0.717) is 22.9 Å². The van der Waals surface area contributed by atoms with Gasteiger partial charge in [-0.05, 0) is 111 Å². The molecule has 3 aromatic rings. The average molecular weight is 680 g/mol. The summed E-state index contributed by atoms with van der Waals surface area (Å²) >= 11 is 6.23. The zero-order valence-electron chi connectivity index (χ0n) is 27.6. The van der Waals surface area contributed by atoms with E-state index in [4.69, 9.17) is 11.6 Å². The van der Waals surface area contributed by atoms with Gasteiger partial charge in [0.25, 0.3) is 5.56 Å². The van der Waals surface area contributed by atoms with Crippen molar-refractivity contribution in [1.82, 2.24) is 14.8 Å². The van der Waals surface area contributed by atoms with E-state index in [9.17, 15) is 32.7 Å². The topological polar surface area (TPSA) is 91.6 Å². The standard InChI is InChI=1S/C35H42ClF4N3O4/c1-19(2)10-29(43-16-23(8-9-42(6)7)28(15-30(43)46)35(38,39)40)34(47)41-33(25(17-44)18-45)27-14-24(11-22(5)32(27)37)31-20(3)12-26(36)13-21(31)4/h11-17,19,25,29,33,45H,8-10,18H2,1-7H3,(H,41,47)/t25?,29?,33-/m0/s1. The molecule has 2 aromatic carbocycles. The second-order valence-corrected chi connectivity index (χ2v) is 13.2. The summed E-state index contributed by atoms with van der Waals surface area (Å²) in [6.45, 7) is 8.31. The number of aliphatic hydroxyl groups is 1. The highest BCUT2D eigenvalue weighted by atomic mass is 35.5. The van der Waals surface area contributed by atoms with Crippen LogP contribution in [0.3, 0.4) is 0 Å². The highest BCUT2D eigenvalue weighted by molar-refractivity contribution is 6.30. The number of aryl methyl sites for hydroxylation is 3. The second kappa shape index (κ2) is 15.6. The van der Waals surface area contributed by atoms with E-state index in [2.05, 4.69) is 5.32 Å². The predicted octanol–water partition coefficient (Wildman–Crippen LogP) is 6.61. The lowest BCUT2D eigenvalue weighted by atomic mass is 9.87. The third kappa shape index (κ3) is 9.09. The van der Waals surface area contributed by atoms with Crippen LogP contribution in [0.2, 0.25) is 5.02 Å². The first-order valence-corrected chi connectivity index (χ1v) is 15.7. The monoisotopic (exact) mass is 679 g/mol. The van der Waals surface area contributed by atoms with Crippen molar-refractivity contribution >= 4 is 23.8 Å². The van der Waals surface area contributed by atoms with Crippen molar-refractivity contribution < 1.29 is 32.3 Å². The minimum Gasteiger partial charge on any atom is -0.396 e. The number of pyridine rings is 1. The summed E-state index contributed by atoms with van der Waals surface area (Å²) in [5, 5.41) is 13.3. The molecule has 12 heteroatoms. The lowest BCUT2D eigenvalue weighted by Gasteiger charge is -2.29. The Morgan fingerprint density at radius 2 is 1.68 bits per heavy atom. The minimum atomic E-state index is -4.79. The number of carbonyl (C=O) groups is 2. The molecule has 3 rings (SSSR count). The Bertz CT molecular complexity index is 1650. The summed E-state index contributed by atoms with van der Waals surface area (Å²) in [5.41, 5.74) is 0.870. The van der Waals surface area contributed by atoms with Gasteiger partial charge in [0.05, 0.1) is 24.1 Å². The number of hydrogen-bond donors (Lipinski definition) is 2. The zero-order valence-corrected chi connectivity index (χ0v) is 28.4. The molecule has 256 valence electrons. The molecule has 7 nitrogen and oxygen atoms in total.